The van der Waals surface area contributed by atoms with E-state index in [1.165, 1.54) is 38.5 Å². The number of likely N-dealkylation sites (N-methyl/N-ethyl adjacent to an activating group) is 1. The largest absolute Gasteiger partial charge is 0.493 e. The number of hydrogen-bond acceptors (Lipinski definition) is 4. The van der Waals surface area contributed by atoms with E-state index in [0.29, 0.717) is 11.5 Å². The zero-order valence-corrected chi connectivity index (χ0v) is 20.0. The lowest BCUT2D eigenvalue weighted by molar-refractivity contribution is -0.0539. The Balaban J connectivity index is 1.45. The fraction of sp³-hybridized carbons (Fsp3) is 0.643. The van der Waals surface area contributed by atoms with Gasteiger partial charge in [0.15, 0.2) is 11.5 Å². The van der Waals surface area contributed by atoms with E-state index in [2.05, 4.69) is 56.2 Å². The Labute approximate surface area is 192 Å². The molecule has 2 aliphatic heterocycles. The van der Waals surface area contributed by atoms with Crippen molar-refractivity contribution in [3.05, 3.63) is 35.4 Å². The Bertz CT molecular complexity index is 983. The molecule has 3 fully saturated rings. The molecule has 1 aromatic carbocycles. The fourth-order valence-electron chi connectivity index (χ4n) is 8.46. The first-order chi connectivity index (χ1) is 15.4. The molecule has 0 radical (unpaired) electrons. The van der Waals surface area contributed by atoms with Gasteiger partial charge in [0.2, 0.25) is 12.5 Å². The average Bonchev–Trinajstić information content (AvgIpc) is 3.39. The highest BCUT2D eigenvalue weighted by molar-refractivity contribution is 5.65. The monoisotopic (exact) mass is 435 g/mol. The molecule has 6 atom stereocenters. The molecule has 32 heavy (non-hydrogen) atoms. The van der Waals surface area contributed by atoms with Crippen LogP contribution in [0.2, 0.25) is 0 Å². The van der Waals surface area contributed by atoms with Crippen LogP contribution in [0, 0.1) is 28.6 Å². The van der Waals surface area contributed by atoms with Crippen LogP contribution in [0.1, 0.15) is 57.9 Å². The van der Waals surface area contributed by atoms with Gasteiger partial charge in [-0.3, -0.25) is 4.90 Å². The van der Waals surface area contributed by atoms with Crippen LogP contribution < -0.4 is 14.2 Å². The third-order valence-corrected chi connectivity index (χ3v) is 9.77. The molecule has 0 bridgehead atoms. The third kappa shape index (κ3) is 2.91. The molecule has 4 nitrogen and oxygen atoms in total. The Morgan fingerprint density at radius 1 is 1.12 bits per heavy atom. The number of nitrogens with zero attached hydrogens (tertiary/aromatic N) is 1. The van der Waals surface area contributed by atoms with Crippen molar-refractivity contribution in [2.24, 2.45) is 28.6 Å². The molecule has 1 aromatic rings. The van der Waals surface area contributed by atoms with Crippen LogP contribution in [-0.4, -0.2) is 38.4 Å². The minimum absolute atomic E-state index is 0.200. The molecule has 3 aliphatic carbocycles. The van der Waals surface area contributed by atoms with Crippen LogP contribution in [0.4, 0.5) is 0 Å². The Morgan fingerprint density at radius 3 is 2.84 bits per heavy atom. The van der Waals surface area contributed by atoms with Crippen molar-refractivity contribution in [1.82, 2.24) is 4.90 Å². The van der Waals surface area contributed by atoms with Gasteiger partial charge in [0.1, 0.15) is 0 Å². The minimum Gasteiger partial charge on any atom is -0.493 e. The predicted molar refractivity (Wildman–Crippen MR) is 127 cm³/mol. The first-order valence-electron chi connectivity index (χ1n) is 12.5. The van der Waals surface area contributed by atoms with E-state index in [9.17, 15) is 0 Å². The second-order valence-corrected chi connectivity index (χ2v) is 11.5. The van der Waals surface area contributed by atoms with Gasteiger partial charge in [0, 0.05) is 18.0 Å². The Hall–Kier alpha value is -1.94. The van der Waals surface area contributed by atoms with Gasteiger partial charge >= 0.3 is 0 Å². The molecule has 172 valence electrons. The average molecular weight is 436 g/mol. The van der Waals surface area contributed by atoms with Crippen LogP contribution in [0.5, 0.6) is 17.2 Å². The van der Waals surface area contributed by atoms with Crippen LogP contribution in [0.15, 0.2) is 29.9 Å². The lowest BCUT2D eigenvalue weighted by Crippen LogP contribution is -2.59. The van der Waals surface area contributed by atoms with Crippen molar-refractivity contribution in [1.29, 1.82) is 0 Å². The van der Waals surface area contributed by atoms with E-state index in [-0.39, 0.29) is 12.2 Å². The van der Waals surface area contributed by atoms with Crippen molar-refractivity contribution in [2.75, 3.05) is 27.5 Å². The van der Waals surface area contributed by atoms with Gasteiger partial charge in [-0.2, -0.15) is 0 Å². The van der Waals surface area contributed by atoms with Gasteiger partial charge in [-0.15, -0.1) is 0 Å². The highest BCUT2D eigenvalue weighted by Crippen LogP contribution is 2.64. The molecule has 0 saturated heterocycles. The smallest absolute Gasteiger partial charge is 0.231 e. The number of methoxy groups -OCH3 is 1. The summed E-state index contributed by atoms with van der Waals surface area (Å²) in [5, 5.41) is 0. The molecule has 2 heterocycles. The number of fused-ring (bicyclic) bond motifs is 6. The SMILES string of the molecule is COc1cc(/C=C2\C[C@H]3[C@@H]4CCC[C@@]4(C)CC[C@@H]3[C@@]3(C)C=CCN(C)[C@H]23)cc2c1OCO2. The van der Waals surface area contributed by atoms with Gasteiger partial charge in [-0.1, -0.05) is 44.1 Å². The van der Waals surface area contributed by atoms with Crippen LogP contribution in [0.25, 0.3) is 6.08 Å². The summed E-state index contributed by atoms with van der Waals surface area (Å²) in [6.45, 7) is 6.43. The molecule has 4 heteroatoms. The highest BCUT2D eigenvalue weighted by Gasteiger charge is 2.58. The number of benzene rings is 1. The number of rotatable bonds is 2. The molecule has 0 unspecified atom stereocenters. The minimum atomic E-state index is 0.200. The lowest BCUT2D eigenvalue weighted by Gasteiger charge is -2.60. The maximum atomic E-state index is 5.72. The lowest BCUT2D eigenvalue weighted by atomic mass is 9.47. The summed E-state index contributed by atoms with van der Waals surface area (Å²) in [4.78, 5) is 2.58. The third-order valence-electron chi connectivity index (χ3n) is 9.77. The zero-order valence-electron chi connectivity index (χ0n) is 20.0. The normalized spacial score (nSPS) is 41.3. The second-order valence-electron chi connectivity index (χ2n) is 11.5. The molecule has 0 spiro atoms. The molecular formula is C28H37NO3. The van der Waals surface area contributed by atoms with E-state index in [4.69, 9.17) is 14.2 Å². The van der Waals surface area contributed by atoms with Gasteiger partial charge in [0.25, 0.3) is 0 Å². The van der Waals surface area contributed by atoms with Crippen molar-refractivity contribution in [3.63, 3.8) is 0 Å². The quantitative estimate of drug-likeness (QED) is 0.540. The second kappa shape index (κ2) is 7.28. The predicted octanol–water partition coefficient (Wildman–Crippen LogP) is 5.92. The van der Waals surface area contributed by atoms with Crippen molar-refractivity contribution >= 4 is 6.08 Å². The topological polar surface area (TPSA) is 30.9 Å². The highest BCUT2D eigenvalue weighted by atomic mass is 16.7. The summed E-state index contributed by atoms with van der Waals surface area (Å²) in [5.41, 5.74) is 3.50. The standard InChI is InChI=1S/C28H37NO3/c1-27-9-5-7-21(27)20-16-19(13-18-14-23(30-4)25-24(15-18)31-17-32-25)26-28(2,22(20)8-11-27)10-6-12-29(26)3/h6,10,13-15,20-22,26H,5,7-9,11-12,16-17H2,1-4H3/b19-13+/t20-,21-,22-,26+,27-,28+/m0/s1. The summed E-state index contributed by atoms with van der Waals surface area (Å²) in [5.74, 6) is 4.73. The van der Waals surface area contributed by atoms with Gasteiger partial charge in [-0.05, 0) is 80.0 Å². The van der Waals surface area contributed by atoms with E-state index in [1.807, 2.05) is 0 Å². The molecule has 0 amide bonds. The van der Waals surface area contributed by atoms with E-state index >= 15 is 0 Å². The van der Waals surface area contributed by atoms with Crippen molar-refractivity contribution in [2.45, 2.75) is 58.4 Å². The molecule has 0 N–H and O–H groups in total. The van der Waals surface area contributed by atoms with Gasteiger partial charge in [0.05, 0.1) is 7.11 Å². The summed E-state index contributed by atoms with van der Waals surface area (Å²) >= 11 is 0. The van der Waals surface area contributed by atoms with Crippen molar-refractivity contribution in [3.8, 4) is 17.2 Å². The van der Waals surface area contributed by atoms with Gasteiger partial charge < -0.3 is 14.2 Å². The molecule has 5 aliphatic rings. The zero-order chi connectivity index (χ0) is 22.1. The molecule has 0 aromatic heterocycles. The van der Waals surface area contributed by atoms with Crippen LogP contribution in [0.3, 0.4) is 0 Å². The Kier molecular flexibility index (Phi) is 4.70. The Morgan fingerprint density at radius 2 is 2.00 bits per heavy atom. The fourth-order valence-corrected chi connectivity index (χ4v) is 8.46. The molecule has 6 rings (SSSR count). The van der Waals surface area contributed by atoms with E-state index < -0.39 is 0 Å². The van der Waals surface area contributed by atoms with Crippen LogP contribution in [-0.2, 0) is 0 Å². The maximum Gasteiger partial charge on any atom is 0.231 e. The summed E-state index contributed by atoms with van der Waals surface area (Å²) < 4.78 is 17.0. The first-order valence-corrected chi connectivity index (χ1v) is 12.5. The summed E-state index contributed by atoms with van der Waals surface area (Å²) in [6, 6.07) is 4.69. The van der Waals surface area contributed by atoms with Crippen molar-refractivity contribution < 1.29 is 14.2 Å². The summed E-state index contributed by atoms with van der Waals surface area (Å²) in [6.07, 6.45) is 15.7. The van der Waals surface area contributed by atoms with E-state index in [1.54, 1.807) is 12.7 Å². The molecular weight excluding hydrogens is 398 g/mol. The van der Waals surface area contributed by atoms with Crippen LogP contribution >= 0.6 is 0 Å². The number of hydrogen-bond donors (Lipinski definition) is 0. The first kappa shape index (κ1) is 20.7. The number of ether oxygens (including phenoxy) is 3. The molecule has 3 saturated carbocycles. The maximum absolute atomic E-state index is 5.72. The van der Waals surface area contributed by atoms with E-state index in [0.717, 1.165) is 47.1 Å². The summed E-state index contributed by atoms with van der Waals surface area (Å²) in [7, 11) is 4.02. The van der Waals surface area contributed by atoms with Gasteiger partial charge in [-0.25, -0.2) is 0 Å².